The van der Waals surface area contributed by atoms with Crippen LogP contribution in [0.4, 0.5) is 0 Å². The normalized spacial score (nSPS) is 21.5. The van der Waals surface area contributed by atoms with E-state index in [4.69, 9.17) is 4.74 Å². The summed E-state index contributed by atoms with van der Waals surface area (Å²) in [4.78, 5) is 17.6. The number of hydrogen-bond donors (Lipinski definition) is 0. The predicted molar refractivity (Wildman–Crippen MR) is 89.0 cm³/mol. The fourth-order valence-corrected chi connectivity index (χ4v) is 3.66. The van der Waals surface area contributed by atoms with Crippen LogP contribution >= 0.6 is 11.3 Å². The molecule has 0 saturated heterocycles. The maximum Gasteiger partial charge on any atom is 0.314 e. The van der Waals surface area contributed by atoms with Crippen molar-refractivity contribution in [3.8, 4) is 16.2 Å². The molecule has 1 aromatic carbocycles. The fraction of sp³-hybridized carbons (Fsp3) is 0.444. The minimum Gasteiger partial charge on any atom is -0.426 e. The van der Waals surface area contributed by atoms with E-state index in [2.05, 4.69) is 11.9 Å². The average Bonchev–Trinajstić information content (AvgIpc) is 2.95. The van der Waals surface area contributed by atoms with Gasteiger partial charge in [0.05, 0.1) is 15.8 Å². The molecule has 1 saturated carbocycles. The Morgan fingerprint density at radius 3 is 2.45 bits per heavy atom. The van der Waals surface area contributed by atoms with Gasteiger partial charge in [-0.05, 0) is 68.4 Å². The number of aryl methyl sites for hydroxylation is 1. The molecule has 1 aliphatic carbocycles. The number of carbonyl (C=O) groups excluding carboxylic acids is 1. The highest BCUT2D eigenvalue weighted by molar-refractivity contribution is 7.15. The fourth-order valence-electron chi connectivity index (χ4n) is 2.88. The van der Waals surface area contributed by atoms with Gasteiger partial charge in [0.25, 0.3) is 0 Å². The van der Waals surface area contributed by atoms with E-state index < -0.39 is 0 Å². The summed E-state index contributed by atoms with van der Waals surface area (Å²) in [5.74, 6) is 1.37. The molecule has 1 aliphatic rings. The summed E-state index contributed by atoms with van der Waals surface area (Å²) in [5.41, 5.74) is 1.11. The summed E-state index contributed by atoms with van der Waals surface area (Å²) in [6, 6.07) is 7.71. The van der Waals surface area contributed by atoms with Crippen molar-refractivity contribution in [2.45, 2.75) is 39.5 Å². The lowest BCUT2D eigenvalue weighted by molar-refractivity contribution is -0.140. The van der Waals surface area contributed by atoms with E-state index in [9.17, 15) is 4.79 Å². The van der Waals surface area contributed by atoms with Crippen molar-refractivity contribution < 1.29 is 9.53 Å². The summed E-state index contributed by atoms with van der Waals surface area (Å²) in [6.45, 7) is 4.25. The van der Waals surface area contributed by atoms with Crippen LogP contribution in [0, 0.1) is 18.8 Å². The van der Waals surface area contributed by atoms with Crippen molar-refractivity contribution >= 4 is 17.3 Å². The highest BCUT2D eigenvalue weighted by Gasteiger charge is 2.25. The van der Waals surface area contributed by atoms with E-state index >= 15 is 0 Å². The number of esters is 1. The number of benzene rings is 1. The number of nitrogens with zero attached hydrogens (tertiary/aromatic N) is 1. The van der Waals surface area contributed by atoms with Crippen LogP contribution < -0.4 is 4.74 Å². The molecule has 0 N–H and O–H groups in total. The largest absolute Gasteiger partial charge is 0.426 e. The van der Waals surface area contributed by atoms with Gasteiger partial charge in [0, 0.05) is 6.20 Å². The average molecular weight is 315 g/mol. The zero-order valence-corrected chi connectivity index (χ0v) is 13.9. The van der Waals surface area contributed by atoms with Crippen LogP contribution in [0.25, 0.3) is 10.4 Å². The van der Waals surface area contributed by atoms with Gasteiger partial charge >= 0.3 is 5.97 Å². The van der Waals surface area contributed by atoms with Gasteiger partial charge < -0.3 is 4.74 Å². The van der Waals surface area contributed by atoms with Crippen LogP contribution in [0.1, 0.15) is 37.6 Å². The molecule has 0 radical (unpaired) electrons. The Hall–Kier alpha value is -1.68. The van der Waals surface area contributed by atoms with Gasteiger partial charge in [-0.3, -0.25) is 4.79 Å². The molecular weight excluding hydrogens is 294 g/mol. The van der Waals surface area contributed by atoms with Crippen LogP contribution in [0.5, 0.6) is 5.75 Å². The molecule has 0 unspecified atom stereocenters. The van der Waals surface area contributed by atoms with Gasteiger partial charge in [-0.15, -0.1) is 11.3 Å². The summed E-state index contributed by atoms with van der Waals surface area (Å²) in [5, 5.41) is 1.05. The van der Waals surface area contributed by atoms with Crippen molar-refractivity contribution in [2.24, 2.45) is 11.8 Å². The van der Waals surface area contributed by atoms with Crippen LogP contribution in [-0.2, 0) is 4.79 Å². The minimum atomic E-state index is -0.0757. The zero-order valence-electron chi connectivity index (χ0n) is 13.0. The van der Waals surface area contributed by atoms with E-state index in [1.807, 2.05) is 37.4 Å². The number of ether oxygens (including phenoxy) is 1. The smallest absolute Gasteiger partial charge is 0.314 e. The maximum atomic E-state index is 12.2. The third-order valence-electron chi connectivity index (χ3n) is 4.33. The maximum absolute atomic E-state index is 12.2. The van der Waals surface area contributed by atoms with E-state index in [1.54, 1.807) is 11.3 Å². The molecule has 0 aliphatic heterocycles. The Labute approximate surface area is 135 Å². The van der Waals surface area contributed by atoms with Crippen molar-refractivity contribution in [3.63, 3.8) is 0 Å². The van der Waals surface area contributed by atoms with Gasteiger partial charge in [0.15, 0.2) is 0 Å². The quantitative estimate of drug-likeness (QED) is 0.600. The van der Waals surface area contributed by atoms with Crippen molar-refractivity contribution in [2.75, 3.05) is 0 Å². The molecule has 0 spiro atoms. The third kappa shape index (κ3) is 3.55. The summed E-state index contributed by atoms with van der Waals surface area (Å²) in [7, 11) is 0. The zero-order chi connectivity index (χ0) is 15.5. The number of hydrogen-bond acceptors (Lipinski definition) is 4. The van der Waals surface area contributed by atoms with Gasteiger partial charge in [0.2, 0.25) is 0 Å². The first-order chi connectivity index (χ1) is 10.6. The van der Waals surface area contributed by atoms with E-state index in [0.29, 0.717) is 5.75 Å². The Morgan fingerprint density at radius 1 is 1.18 bits per heavy atom. The predicted octanol–water partition coefficient (Wildman–Crippen LogP) is 4.85. The van der Waals surface area contributed by atoms with E-state index in [1.165, 1.54) is 0 Å². The highest BCUT2D eigenvalue weighted by Crippen LogP contribution is 2.31. The molecule has 0 atom stereocenters. The number of rotatable bonds is 3. The molecule has 0 bridgehead atoms. The molecular formula is C18H21NO2S. The Kier molecular flexibility index (Phi) is 4.57. The molecule has 116 valence electrons. The van der Waals surface area contributed by atoms with Crippen LogP contribution in [-0.4, -0.2) is 11.0 Å². The number of thiazole rings is 1. The van der Waals surface area contributed by atoms with Gasteiger partial charge in [0.1, 0.15) is 5.75 Å². The Morgan fingerprint density at radius 2 is 1.86 bits per heavy atom. The first-order valence-corrected chi connectivity index (χ1v) is 8.68. The molecule has 3 nitrogen and oxygen atoms in total. The second-order valence-corrected chi connectivity index (χ2v) is 7.38. The molecule has 2 aromatic rings. The number of carbonyl (C=O) groups is 1. The van der Waals surface area contributed by atoms with Crippen LogP contribution in [0.3, 0.4) is 0 Å². The third-order valence-corrected chi connectivity index (χ3v) is 5.29. The van der Waals surface area contributed by atoms with Crippen molar-refractivity contribution in [3.05, 3.63) is 35.5 Å². The number of aromatic nitrogens is 1. The topological polar surface area (TPSA) is 39.2 Å². The molecule has 1 fully saturated rings. The standard InChI is InChI=1S/C18H21NO2S/c1-12-3-5-15(6-4-12)18(20)21-16-9-7-14(8-10-16)17-11-19-13(2)22-17/h7-12,15H,3-6H2,1-2H3. The van der Waals surface area contributed by atoms with E-state index in [-0.39, 0.29) is 11.9 Å². The van der Waals surface area contributed by atoms with Gasteiger partial charge in [-0.2, -0.15) is 0 Å². The molecule has 4 heteroatoms. The molecule has 0 amide bonds. The summed E-state index contributed by atoms with van der Waals surface area (Å²) in [6.07, 6.45) is 6.05. The second-order valence-electron chi connectivity index (χ2n) is 6.15. The van der Waals surface area contributed by atoms with Crippen molar-refractivity contribution in [1.82, 2.24) is 4.98 Å². The summed E-state index contributed by atoms with van der Waals surface area (Å²) < 4.78 is 5.53. The molecule has 1 aromatic heterocycles. The van der Waals surface area contributed by atoms with Crippen molar-refractivity contribution in [1.29, 1.82) is 0 Å². The second kappa shape index (κ2) is 6.61. The van der Waals surface area contributed by atoms with Crippen LogP contribution in [0.2, 0.25) is 0 Å². The SMILES string of the molecule is Cc1ncc(-c2ccc(OC(=O)C3CCC(C)CC3)cc2)s1. The minimum absolute atomic E-state index is 0.0695. The first-order valence-electron chi connectivity index (χ1n) is 7.86. The highest BCUT2D eigenvalue weighted by atomic mass is 32.1. The molecule has 1 heterocycles. The van der Waals surface area contributed by atoms with E-state index in [0.717, 1.165) is 47.0 Å². The lowest BCUT2D eigenvalue weighted by atomic mass is 9.83. The lowest BCUT2D eigenvalue weighted by Gasteiger charge is -2.24. The monoisotopic (exact) mass is 315 g/mol. The summed E-state index contributed by atoms with van der Waals surface area (Å²) >= 11 is 1.66. The lowest BCUT2D eigenvalue weighted by Crippen LogP contribution is -2.24. The first kappa shape index (κ1) is 15.2. The molecule has 22 heavy (non-hydrogen) atoms. The van der Waals surface area contributed by atoms with Crippen LogP contribution in [0.15, 0.2) is 30.5 Å². The molecule has 3 rings (SSSR count). The Bertz CT molecular complexity index is 639. The Balaban J connectivity index is 1.62. The van der Waals surface area contributed by atoms with Gasteiger partial charge in [-0.25, -0.2) is 4.98 Å². The van der Waals surface area contributed by atoms with Gasteiger partial charge in [-0.1, -0.05) is 6.92 Å².